The van der Waals surface area contributed by atoms with Gasteiger partial charge in [0.25, 0.3) is 17.1 Å². The lowest BCUT2D eigenvalue weighted by Crippen LogP contribution is -2.58. The first-order valence-corrected chi connectivity index (χ1v) is 50.2. The molecule has 0 aliphatic carbocycles. The number of hydrogen-bond acceptors (Lipinski definition) is 25. The molecule has 0 saturated carbocycles. The summed E-state index contributed by atoms with van der Waals surface area (Å²) in [5.41, 5.74) is 1.72. The summed E-state index contributed by atoms with van der Waals surface area (Å²) in [6.45, 7) is 26.3. The largest absolute Gasteiger partial charge is 0.444 e. The normalized spacial score (nSPS) is 16.2. The fourth-order valence-corrected chi connectivity index (χ4v) is 21.2. The van der Waals surface area contributed by atoms with E-state index in [1.807, 2.05) is 110 Å². The number of hydrogen-bond donors (Lipinski definition) is 7. The van der Waals surface area contributed by atoms with E-state index in [4.69, 9.17) is 23.7 Å². The molecule has 2 fully saturated rings. The lowest BCUT2D eigenvalue weighted by molar-refractivity contribution is -0.385. The molecule has 2 heterocycles. The fraction of sp³-hybridized carbons (Fsp3) is 0.440. The van der Waals surface area contributed by atoms with Crippen LogP contribution in [0.25, 0.3) is 0 Å². The van der Waals surface area contributed by atoms with Gasteiger partial charge in [0.2, 0.25) is 50.1 Å². The summed E-state index contributed by atoms with van der Waals surface area (Å²) < 4.78 is 176. The predicted octanol–water partition coefficient (Wildman–Crippen LogP) is 12.7. The zero-order valence-corrected chi connectivity index (χ0v) is 80.3. The third-order valence-corrected chi connectivity index (χ3v) is 28.7. The predicted molar refractivity (Wildman–Crippen MR) is 497 cm³/mol. The quantitative estimate of drug-likeness (QED) is 0.0106. The van der Waals surface area contributed by atoms with E-state index < -0.39 is 143 Å². The van der Waals surface area contributed by atoms with Crippen LogP contribution in [-0.2, 0) is 93.1 Å². The highest BCUT2D eigenvalue weighted by Gasteiger charge is 2.45. The smallest absolute Gasteiger partial charge is 0.407 e. The van der Waals surface area contributed by atoms with Gasteiger partial charge in [-0.2, -0.15) is 8.61 Å². The molecule has 7 N–H and O–H groups in total. The third kappa shape index (κ3) is 33.4. The Morgan fingerprint density at radius 3 is 1.02 bits per heavy atom. The minimum absolute atomic E-state index is 0.0299. The van der Waals surface area contributed by atoms with E-state index in [-0.39, 0.29) is 111 Å². The summed E-state index contributed by atoms with van der Waals surface area (Å²) in [6.07, 6.45) is -2.15. The van der Waals surface area contributed by atoms with Crippen LogP contribution < -0.4 is 35.4 Å². The number of carbonyl (C=O) groups is 3. The van der Waals surface area contributed by atoms with Gasteiger partial charge in [-0.15, -0.1) is 0 Å². The van der Waals surface area contributed by atoms with Crippen molar-refractivity contribution in [3.8, 4) is 0 Å². The van der Waals surface area contributed by atoms with E-state index in [1.165, 1.54) is 45.0 Å². The first-order chi connectivity index (χ1) is 61.9. The van der Waals surface area contributed by atoms with Crippen molar-refractivity contribution < 1.29 is 94.9 Å². The minimum atomic E-state index is -4.42. The van der Waals surface area contributed by atoms with Gasteiger partial charge < -0.3 is 45.0 Å². The zero-order valence-electron chi connectivity index (χ0n) is 76.2. The summed E-state index contributed by atoms with van der Waals surface area (Å²) in [5.74, 6) is -0.121. The molecule has 0 bridgehead atoms. The van der Waals surface area contributed by atoms with Crippen molar-refractivity contribution in [2.24, 2.45) is 23.7 Å². The molecule has 0 unspecified atom stereocenters. The van der Waals surface area contributed by atoms with Gasteiger partial charge in [0.1, 0.15) is 17.3 Å². The van der Waals surface area contributed by atoms with E-state index in [1.54, 1.807) is 102 Å². The second-order valence-corrected chi connectivity index (χ2v) is 44.4. The van der Waals surface area contributed by atoms with Gasteiger partial charge >= 0.3 is 18.3 Å². The van der Waals surface area contributed by atoms with Crippen molar-refractivity contribution in [3.63, 3.8) is 0 Å². The zero-order chi connectivity index (χ0) is 97.3. The summed E-state index contributed by atoms with van der Waals surface area (Å²) in [4.78, 5) is 70.2. The van der Waals surface area contributed by atoms with Crippen molar-refractivity contribution >= 4 is 85.5 Å². The van der Waals surface area contributed by atoms with Gasteiger partial charge in [-0.25, -0.2) is 70.6 Å². The molecule has 8 aromatic carbocycles. The van der Waals surface area contributed by atoms with Crippen LogP contribution in [0.2, 0.25) is 0 Å². The van der Waals surface area contributed by atoms with Gasteiger partial charge in [-0.05, 0) is 183 Å². The van der Waals surface area contributed by atoms with E-state index in [0.717, 1.165) is 88.5 Å². The maximum Gasteiger partial charge on any atom is 0.407 e. The number of aryl methyl sites for hydroxylation is 2. The van der Waals surface area contributed by atoms with Crippen molar-refractivity contribution in [3.05, 3.63) is 270 Å². The number of carbonyl (C=O) groups excluding carboxylic acids is 3. The first kappa shape index (κ1) is 107. The van der Waals surface area contributed by atoms with Crippen LogP contribution in [0.5, 0.6) is 0 Å². The molecule has 2 aliphatic heterocycles. The monoisotopic (exact) mass is 1920 g/mol. The number of rotatable bonds is 41. The summed E-state index contributed by atoms with van der Waals surface area (Å²) in [6, 6.07) is 47.5. The maximum absolute atomic E-state index is 14.1. The Morgan fingerprint density at radius 2 is 0.712 bits per heavy atom. The standard InChI is InChI=1S/C34H42N4O10S2.C32H42N4O8S2.C25H36N4O6S/c1-23(2)20-37(50(44,45)28-13-9-24(3)10-14-28)21-31(36-49(42,43)27-15-11-26(12-16-27)38(40)41)30(19-25-7-5-4-6-8-25)35-34(39)48-32-22-47-33-29(32)17-18-46-33;1-23(2)21-35(46(42,43)28-16-12-24(3)13-17-28)22-30(34-45(40,41)27-18-14-26(15-19-27)36(38)39)29(20-25-10-8-7-9-11-25)33-31(37)44-32(4,5)6;1-18(2)16-26-17-23(28-36(33,34)21-13-11-20(12-14-21)29(31)32)22(15-19-9-7-6-8-10-19)27-24(30)35-25(3,4)5/h4-16,23,29-33,36H,17-22H2,1-3H3,(H,35,39);7-19,23,29-30,34H,20-22H2,1-6H3,(H,33,37);6-14,18,22-23,26,28H,15-17H2,1-5H3,(H,27,30)/t29-,30-,31+,32-,33+;29-,30+;22-,23+/m000/s1. The summed E-state index contributed by atoms with van der Waals surface area (Å²) in [7, 11) is -21.2. The van der Waals surface area contributed by atoms with Crippen LogP contribution in [0.15, 0.2) is 237 Å². The number of nitro groups is 3. The molecule has 2 aliphatic rings. The number of sulfonamides is 5. The van der Waals surface area contributed by atoms with Gasteiger partial charge in [0, 0.05) is 69.1 Å². The average Bonchev–Trinajstić information content (AvgIpc) is 1.02. The highest BCUT2D eigenvalue weighted by molar-refractivity contribution is 7.90. The highest BCUT2D eigenvalue weighted by Crippen LogP contribution is 2.34. The average molecular weight is 1930 g/mol. The van der Waals surface area contributed by atoms with Crippen LogP contribution in [0.3, 0.4) is 0 Å². The highest BCUT2D eigenvalue weighted by atomic mass is 32.2. The van der Waals surface area contributed by atoms with Gasteiger partial charge in [-0.1, -0.05) is 168 Å². The molecule has 0 spiro atoms. The lowest BCUT2D eigenvalue weighted by Gasteiger charge is -2.34. The van der Waals surface area contributed by atoms with Crippen LogP contribution in [0.4, 0.5) is 31.4 Å². The maximum atomic E-state index is 14.1. The number of fused-ring (bicyclic) bond motifs is 1. The Bertz CT molecular complexity index is 5740. The molecule has 718 valence electrons. The molecular formula is C91H120N12O24S5. The number of nitrogens with zero attached hydrogens (tertiary/aromatic N) is 5. The van der Waals surface area contributed by atoms with Crippen molar-refractivity contribution in [1.29, 1.82) is 0 Å². The molecule has 10 rings (SSSR count). The molecule has 0 radical (unpaired) electrons. The number of non-ortho nitro benzene ring substituents is 3. The van der Waals surface area contributed by atoms with Crippen LogP contribution >= 0.6 is 0 Å². The number of nitrogens with one attached hydrogen (secondary N) is 7. The lowest BCUT2D eigenvalue weighted by atomic mass is 9.99. The Morgan fingerprint density at radius 1 is 0.402 bits per heavy atom. The molecular weight excluding hydrogens is 1810 g/mol. The van der Waals surface area contributed by atoms with E-state index in [9.17, 15) is 86.8 Å². The Hall–Kier alpha value is -10.8. The molecule has 2 saturated heterocycles. The minimum Gasteiger partial charge on any atom is -0.444 e. The second kappa shape index (κ2) is 47.7. The molecule has 132 heavy (non-hydrogen) atoms. The van der Waals surface area contributed by atoms with Gasteiger partial charge in [0.15, 0.2) is 6.29 Å². The molecule has 8 aromatic rings. The molecule has 0 aromatic heterocycles. The van der Waals surface area contributed by atoms with Gasteiger partial charge in [0.05, 0.1) is 94.6 Å². The number of nitro benzene ring substituents is 3. The topological polar surface area (TPSA) is 488 Å². The Balaban J connectivity index is 0.000000247. The number of alkyl carbamates (subject to hydrolysis) is 3. The Kier molecular flexibility index (Phi) is 38.5. The second-order valence-electron chi connectivity index (χ2n) is 35.3. The van der Waals surface area contributed by atoms with Crippen LogP contribution in [0, 0.1) is 67.9 Å². The number of ether oxygens (including phenoxy) is 5. The van der Waals surface area contributed by atoms with E-state index in [2.05, 4.69) is 35.4 Å². The molecule has 9 atom stereocenters. The van der Waals surface area contributed by atoms with Gasteiger partial charge in [-0.3, -0.25) is 30.3 Å². The summed E-state index contributed by atoms with van der Waals surface area (Å²) >= 11 is 0. The van der Waals surface area contributed by atoms with Crippen molar-refractivity contribution in [2.45, 2.75) is 207 Å². The van der Waals surface area contributed by atoms with E-state index >= 15 is 0 Å². The first-order valence-electron chi connectivity index (χ1n) is 42.8. The SMILES string of the molecule is CC(C)CNC[C@@H](NS(=O)(=O)c1ccc([N+](=O)[O-])cc1)[C@H](Cc1ccccc1)NC(=O)OC(C)(C)C.Cc1ccc(S(=O)(=O)N(CC(C)C)C[C@@H](NS(=O)(=O)c2ccc([N+](=O)[O-])cc2)[C@H](Cc2ccccc2)NC(=O)OC(C)(C)C)cc1.Cc1ccc(S(=O)(=O)N(CC(C)C)C[C@@H](NS(=O)(=O)c2ccc([N+](=O)[O-])cc2)[C@H](Cc2ccccc2)NC(=O)O[C@H]2CO[C@H]3OCC[C@H]32)cc1. The molecule has 41 heteroatoms. The van der Waals surface area contributed by atoms with E-state index in [0.29, 0.717) is 31.9 Å². The molecule has 36 nitrogen and oxygen atoms in total. The van der Waals surface area contributed by atoms with Crippen LogP contribution in [0.1, 0.15) is 117 Å². The number of benzene rings is 8. The summed E-state index contributed by atoms with van der Waals surface area (Å²) in [5, 5.41) is 45.1. The third-order valence-electron chi connectivity index (χ3n) is 20.5. The van der Waals surface area contributed by atoms with Crippen molar-refractivity contribution in [1.82, 2.24) is 44.0 Å². The molecule has 3 amide bonds. The van der Waals surface area contributed by atoms with Crippen molar-refractivity contribution in [2.75, 3.05) is 52.5 Å². The number of amides is 3. The Labute approximate surface area is 773 Å². The fourth-order valence-electron chi connectivity index (χ4n) is 14.1. The van der Waals surface area contributed by atoms with Crippen LogP contribution in [-0.4, -0.2) is 196 Å².